The Morgan fingerprint density at radius 2 is 2.20 bits per heavy atom. The average Bonchev–Trinajstić information content (AvgIpc) is 2.73. The molecule has 6 heteroatoms. The van der Waals surface area contributed by atoms with Crippen LogP contribution < -0.4 is 5.73 Å². The number of carboxylic acid groups (broad SMARTS) is 1. The zero-order valence-corrected chi connectivity index (χ0v) is 11.9. The number of aliphatic carboxylic acids is 1. The lowest BCUT2D eigenvalue weighted by Gasteiger charge is -2.23. The van der Waals surface area contributed by atoms with Crippen molar-refractivity contribution in [3.05, 3.63) is 34.3 Å². The Labute approximate surface area is 122 Å². The minimum absolute atomic E-state index is 0.0283. The predicted octanol–water partition coefficient (Wildman–Crippen LogP) is 1.73. The summed E-state index contributed by atoms with van der Waals surface area (Å²) in [4.78, 5) is 24.2. The fraction of sp³-hybridized carbons (Fsp3) is 0.429. The molecule has 1 aliphatic heterocycles. The first-order valence-corrected chi connectivity index (χ1v) is 6.83. The first-order chi connectivity index (χ1) is 9.40. The molecule has 1 amide bonds. The monoisotopic (exact) mass is 296 g/mol. The van der Waals surface area contributed by atoms with Crippen LogP contribution in [0.4, 0.5) is 0 Å². The highest BCUT2D eigenvalue weighted by molar-refractivity contribution is 6.31. The highest BCUT2D eigenvalue weighted by Crippen LogP contribution is 2.28. The second-order valence-corrected chi connectivity index (χ2v) is 5.52. The molecule has 108 valence electrons. The molecule has 1 fully saturated rings. The molecule has 0 saturated carbocycles. The van der Waals surface area contributed by atoms with E-state index in [9.17, 15) is 9.59 Å². The van der Waals surface area contributed by atoms with E-state index in [2.05, 4.69) is 4.90 Å². The Morgan fingerprint density at radius 1 is 1.50 bits per heavy atom. The summed E-state index contributed by atoms with van der Waals surface area (Å²) in [6.45, 7) is 3.21. The minimum atomic E-state index is -0.754. The molecule has 1 aliphatic rings. The number of nitrogens with two attached hydrogens (primary N) is 1. The molecular weight excluding hydrogens is 280 g/mol. The van der Waals surface area contributed by atoms with Crippen molar-refractivity contribution >= 4 is 23.5 Å². The van der Waals surface area contributed by atoms with Gasteiger partial charge in [0.1, 0.15) is 0 Å². The van der Waals surface area contributed by atoms with Crippen molar-refractivity contribution < 1.29 is 14.7 Å². The van der Waals surface area contributed by atoms with Gasteiger partial charge >= 0.3 is 5.97 Å². The second-order valence-electron chi connectivity index (χ2n) is 5.11. The summed E-state index contributed by atoms with van der Waals surface area (Å²) in [6, 6.07) is 4.93. The smallest absolute Gasteiger partial charge is 0.308 e. The average molecular weight is 297 g/mol. The van der Waals surface area contributed by atoms with E-state index in [4.69, 9.17) is 22.4 Å². The number of hydrogen-bond acceptors (Lipinski definition) is 3. The molecule has 1 aromatic carbocycles. The van der Waals surface area contributed by atoms with E-state index >= 15 is 0 Å². The van der Waals surface area contributed by atoms with Crippen molar-refractivity contribution in [2.75, 3.05) is 6.54 Å². The van der Waals surface area contributed by atoms with E-state index in [1.54, 1.807) is 18.2 Å². The van der Waals surface area contributed by atoms with Gasteiger partial charge in [-0.25, -0.2) is 0 Å². The molecule has 1 heterocycles. The molecule has 0 bridgehead atoms. The van der Waals surface area contributed by atoms with Gasteiger partial charge in [0.2, 0.25) is 5.91 Å². The lowest BCUT2D eigenvalue weighted by atomic mass is 10.0. The predicted molar refractivity (Wildman–Crippen MR) is 75.6 cm³/mol. The number of carbonyl (C=O) groups is 2. The zero-order valence-electron chi connectivity index (χ0n) is 11.2. The molecule has 0 aliphatic carbocycles. The van der Waals surface area contributed by atoms with Crippen LogP contribution >= 0.6 is 11.6 Å². The van der Waals surface area contributed by atoms with Crippen molar-refractivity contribution in [1.82, 2.24) is 4.90 Å². The SMILES string of the molecule is CC1C(C(=O)O)CCN1Cc1ccc(C(N)=O)cc1Cl. The Kier molecular flexibility index (Phi) is 4.30. The number of benzene rings is 1. The quantitative estimate of drug-likeness (QED) is 0.886. The molecule has 5 nitrogen and oxygen atoms in total. The Morgan fingerprint density at radius 3 is 2.70 bits per heavy atom. The Bertz CT molecular complexity index is 547. The standard InChI is InChI=1S/C14H17ClN2O3/c1-8-11(14(19)20)4-5-17(8)7-10-3-2-9(13(16)18)6-12(10)15/h2-3,6,8,11H,4-5,7H2,1H3,(H2,16,18)(H,19,20). The van der Waals surface area contributed by atoms with Gasteiger partial charge in [-0.1, -0.05) is 17.7 Å². The van der Waals surface area contributed by atoms with Crippen LogP contribution in [0.15, 0.2) is 18.2 Å². The van der Waals surface area contributed by atoms with Gasteiger partial charge in [-0.3, -0.25) is 14.5 Å². The van der Waals surface area contributed by atoms with Crippen molar-refractivity contribution in [1.29, 1.82) is 0 Å². The van der Waals surface area contributed by atoms with Gasteiger partial charge in [-0.2, -0.15) is 0 Å². The van der Waals surface area contributed by atoms with E-state index in [1.165, 1.54) is 0 Å². The summed E-state index contributed by atoms with van der Waals surface area (Å²) < 4.78 is 0. The topological polar surface area (TPSA) is 83.6 Å². The summed E-state index contributed by atoms with van der Waals surface area (Å²) in [6.07, 6.45) is 0.646. The van der Waals surface area contributed by atoms with Crippen LogP contribution in [0.1, 0.15) is 29.3 Å². The third-order valence-corrected chi connectivity index (χ3v) is 4.27. The number of amides is 1. The summed E-state index contributed by atoms with van der Waals surface area (Å²) in [7, 11) is 0. The number of halogens is 1. The number of nitrogens with zero attached hydrogens (tertiary/aromatic N) is 1. The molecule has 1 aromatic rings. The fourth-order valence-electron chi connectivity index (χ4n) is 2.60. The van der Waals surface area contributed by atoms with Crippen LogP contribution in [0, 0.1) is 5.92 Å². The van der Waals surface area contributed by atoms with Gasteiger partial charge in [0, 0.05) is 23.2 Å². The number of carbonyl (C=O) groups excluding carboxylic acids is 1. The first kappa shape index (κ1) is 14.8. The van der Waals surface area contributed by atoms with Gasteiger partial charge in [0.15, 0.2) is 0 Å². The fourth-order valence-corrected chi connectivity index (χ4v) is 2.85. The first-order valence-electron chi connectivity index (χ1n) is 6.45. The third kappa shape index (κ3) is 2.94. The zero-order chi connectivity index (χ0) is 14.9. The van der Waals surface area contributed by atoms with E-state index in [-0.39, 0.29) is 12.0 Å². The van der Waals surface area contributed by atoms with Crippen LogP contribution in [-0.2, 0) is 11.3 Å². The minimum Gasteiger partial charge on any atom is -0.481 e. The van der Waals surface area contributed by atoms with Gasteiger partial charge in [0.05, 0.1) is 5.92 Å². The van der Waals surface area contributed by atoms with Crippen LogP contribution in [0.5, 0.6) is 0 Å². The van der Waals surface area contributed by atoms with Gasteiger partial charge < -0.3 is 10.8 Å². The van der Waals surface area contributed by atoms with E-state index in [0.717, 1.165) is 12.1 Å². The number of rotatable bonds is 4. The molecule has 2 rings (SSSR count). The summed E-state index contributed by atoms with van der Waals surface area (Å²) >= 11 is 6.15. The van der Waals surface area contributed by atoms with Crippen LogP contribution in [-0.4, -0.2) is 34.5 Å². The number of primary amides is 1. The number of likely N-dealkylation sites (tertiary alicyclic amines) is 1. The van der Waals surface area contributed by atoms with Crippen molar-refractivity contribution in [2.45, 2.75) is 25.9 Å². The van der Waals surface area contributed by atoms with Crippen LogP contribution in [0.25, 0.3) is 0 Å². The third-order valence-electron chi connectivity index (χ3n) is 3.91. The summed E-state index contributed by atoms with van der Waals surface area (Å²) in [5, 5.41) is 9.59. The van der Waals surface area contributed by atoms with Crippen LogP contribution in [0.3, 0.4) is 0 Å². The van der Waals surface area contributed by atoms with Gasteiger partial charge in [-0.15, -0.1) is 0 Å². The van der Waals surface area contributed by atoms with Gasteiger partial charge in [-0.05, 0) is 37.6 Å². The maximum absolute atomic E-state index is 11.1. The number of carboxylic acids is 1. The molecule has 0 aromatic heterocycles. The highest BCUT2D eigenvalue weighted by Gasteiger charge is 2.35. The van der Waals surface area contributed by atoms with E-state index in [1.807, 2.05) is 6.92 Å². The largest absolute Gasteiger partial charge is 0.481 e. The Hall–Kier alpha value is -1.59. The van der Waals surface area contributed by atoms with E-state index < -0.39 is 11.9 Å². The van der Waals surface area contributed by atoms with Crippen molar-refractivity contribution in [3.63, 3.8) is 0 Å². The van der Waals surface area contributed by atoms with Gasteiger partial charge in [0.25, 0.3) is 0 Å². The van der Waals surface area contributed by atoms with E-state index in [0.29, 0.717) is 23.6 Å². The molecule has 20 heavy (non-hydrogen) atoms. The normalized spacial score (nSPS) is 22.9. The molecule has 2 unspecified atom stereocenters. The molecule has 2 atom stereocenters. The molecule has 0 radical (unpaired) electrons. The molecule has 0 spiro atoms. The molecule has 1 saturated heterocycles. The lowest BCUT2D eigenvalue weighted by molar-refractivity contribution is -0.142. The van der Waals surface area contributed by atoms with Crippen molar-refractivity contribution in [3.8, 4) is 0 Å². The highest BCUT2D eigenvalue weighted by atomic mass is 35.5. The molecular formula is C14H17ClN2O3. The van der Waals surface area contributed by atoms with Crippen molar-refractivity contribution in [2.24, 2.45) is 11.7 Å². The molecule has 3 N–H and O–H groups in total. The lowest BCUT2D eigenvalue weighted by Crippen LogP contribution is -2.32. The maximum Gasteiger partial charge on any atom is 0.308 e. The second kappa shape index (κ2) is 5.81. The van der Waals surface area contributed by atoms with Crippen LogP contribution in [0.2, 0.25) is 5.02 Å². The summed E-state index contributed by atoms with van der Waals surface area (Å²) in [5.41, 5.74) is 6.44. The summed E-state index contributed by atoms with van der Waals surface area (Å²) in [5.74, 6) is -1.60. The number of hydrogen-bond donors (Lipinski definition) is 2. The maximum atomic E-state index is 11.1. The Balaban J connectivity index is 2.11.